The molecule has 1 aliphatic rings. The molecule has 0 spiro atoms. The van der Waals surface area contributed by atoms with Gasteiger partial charge in [0.15, 0.2) is 0 Å². The minimum atomic E-state index is -0.318. The molecule has 92 valence electrons. The van der Waals surface area contributed by atoms with Gasteiger partial charge < -0.3 is 9.64 Å². The van der Waals surface area contributed by atoms with Crippen LogP contribution in [0.15, 0.2) is 18.3 Å². The molecule has 0 radical (unpaired) electrons. The maximum atomic E-state index is 11.4. The van der Waals surface area contributed by atoms with Crippen LogP contribution < -0.4 is 4.90 Å². The topological polar surface area (TPSA) is 42.4 Å². The van der Waals surface area contributed by atoms with Crippen molar-refractivity contribution in [1.29, 1.82) is 0 Å². The van der Waals surface area contributed by atoms with E-state index in [4.69, 9.17) is 4.74 Å². The second-order valence-corrected chi connectivity index (χ2v) is 4.75. The minimum Gasteiger partial charge on any atom is -0.465 e. The number of hydrogen-bond acceptors (Lipinski definition) is 4. The fourth-order valence-corrected chi connectivity index (χ4v) is 1.97. The van der Waals surface area contributed by atoms with E-state index in [1.54, 1.807) is 18.3 Å². The molecular weight excluding hydrogens is 216 g/mol. The van der Waals surface area contributed by atoms with Gasteiger partial charge in [-0.05, 0) is 30.4 Å². The van der Waals surface area contributed by atoms with Crippen LogP contribution in [-0.4, -0.2) is 31.7 Å². The molecule has 0 saturated heterocycles. The molecule has 17 heavy (non-hydrogen) atoms. The smallest absolute Gasteiger partial charge is 0.338 e. The Kier molecular flexibility index (Phi) is 3.31. The lowest BCUT2D eigenvalue weighted by Gasteiger charge is -2.18. The molecule has 0 aliphatic heterocycles. The number of pyridine rings is 1. The van der Waals surface area contributed by atoms with Crippen LogP contribution >= 0.6 is 0 Å². The van der Waals surface area contributed by atoms with Crippen molar-refractivity contribution in [1.82, 2.24) is 4.98 Å². The monoisotopic (exact) mass is 234 g/mol. The van der Waals surface area contributed by atoms with Crippen LogP contribution in [0, 0.1) is 11.8 Å². The summed E-state index contributed by atoms with van der Waals surface area (Å²) < 4.78 is 4.70. The van der Waals surface area contributed by atoms with E-state index >= 15 is 0 Å². The highest BCUT2D eigenvalue weighted by Gasteiger charge is 2.33. The van der Waals surface area contributed by atoms with Gasteiger partial charge in [-0.25, -0.2) is 9.78 Å². The van der Waals surface area contributed by atoms with E-state index in [-0.39, 0.29) is 5.97 Å². The summed E-state index contributed by atoms with van der Waals surface area (Å²) in [7, 11) is 3.40. The summed E-state index contributed by atoms with van der Waals surface area (Å²) >= 11 is 0. The molecule has 1 aliphatic carbocycles. The Morgan fingerprint density at radius 2 is 2.35 bits per heavy atom. The number of carbonyl (C=O) groups excluding carboxylic acids is 1. The van der Waals surface area contributed by atoms with Crippen LogP contribution in [0.5, 0.6) is 0 Å². The van der Waals surface area contributed by atoms with Crippen LogP contribution in [-0.2, 0) is 4.74 Å². The zero-order valence-corrected chi connectivity index (χ0v) is 10.5. The number of ether oxygens (including phenoxy) is 1. The van der Waals surface area contributed by atoms with Gasteiger partial charge in [0.05, 0.1) is 12.7 Å². The van der Waals surface area contributed by atoms with E-state index in [0.717, 1.165) is 24.2 Å². The Labute approximate surface area is 102 Å². The summed E-state index contributed by atoms with van der Waals surface area (Å²) in [4.78, 5) is 17.8. The molecule has 0 N–H and O–H groups in total. The molecule has 0 aromatic carbocycles. The standard InChI is InChI=1S/C13H18N2O2/c1-9-6-11(9)8-15(2)12-7-10(4-5-14-12)13(16)17-3/h4-5,7,9,11H,6,8H2,1-3H3. The maximum absolute atomic E-state index is 11.4. The first-order valence-electron chi connectivity index (χ1n) is 5.87. The first-order chi connectivity index (χ1) is 8.11. The number of esters is 1. The summed E-state index contributed by atoms with van der Waals surface area (Å²) in [5.74, 6) is 2.10. The van der Waals surface area contributed by atoms with Crippen molar-refractivity contribution >= 4 is 11.8 Å². The van der Waals surface area contributed by atoms with Gasteiger partial charge in [0.2, 0.25) is 0 Å². The van der Waals surface area contributed by atoms with Gasteiger partial charge in [0.1, 0.15) is 5.82 Å². The summed E-state index contributed by atoms with van der Waals surface area (Å²) in [6.45, 7) is 3.26. The fraction of sp³-hybridized carbons (Fsp3) is 0.538. The molecule has 2 rings (SSSR count). The Morgan fingerprint density at radius 1 is 1.65 bits per heavy atom. The largest absolute Gasteiger partial charge is 0.465 e. The number of anilines is 1. The highest BCUT2D eigenvalue weighted by Crippen LogP contribution is 2.38. The summed E-state index contributed by atoms with van der Waals surface area (Å²) in [5.41, 5.74) is 0.549. The van der Waals surface area contributed by atoms with Gasteiger partial charge in [0.25, 0.3) is 0 Å². The SMILES string of the molecule is COC(=O)c1ccnc(N(C)CC2CC2C)c1. The molecule has 1 saturated carbocycles. The third-order valence-electron chi connectivity index (χ3n) is 3.34. The zero-order chi connectivity index (χ0) is 12.4. The van der Waals surface area contributed by atoms with E-state index in [9.17, 15) is 4.79 Å². The minimum absolute atomic E-state index is 0.318. The lowest BCUT2D eigenvalue weighted by Crippen LogP contribution is -2.22. The van der Waals surface area contributed by atoms with Crippen LogP contribution in [0.3, 0.4) is 0 Å². The van der Waals surface area contributed by atoms with Crippen molar-refractivity contribution in [2.45, 2.75) is 13.3 Å². The van der Waals surface area contributed by atoms with Gasteiger partial charge in [-0.15, -0.1) is 0 Å². The Morgan fingerprint density at radius 3 is 2.94 bits per heavy atom. The molecule has 0 amide bonds. The van der Waals surface area contributed by atoms with Gasteiger partial charge in [-0.1, -0.05) is 6.92 Å². The molecular formula is C13H18N2O2. The third-order valence-corrected chi connectivity index (χ3v) is 3.34. The summed E-state index contributed by atoms with van der Waals surface area (Å²) in [6, 6.07) is 3.45. The van der Waals surface area contributed by atoms with Gasteiger partial charge in [-0.3, -0.25) is 0 Å². The highest BCUT2D eigenvalue weighted by atomic mass is 16.5. The number of methoxy groups -OCH3 is 1. The van der Waals surface area contributed by atoms with Gasteiger partial charge in [0, 0.05) is 19.8 Å². The van der Waals surface area contributed by atoms with Crippen LogP contribution in [0.25, 0.3) is 0 Å². The predicted octanol–water partition coefficient (Wildman–Crippen LogP) is 1.96. The van der Waals surface area contributed by atoms with E-state index < -0.39 is 0 Å². The van der Waals surface area contributed by atoms with E-state index in [2.05, 4.69) is 16.8 Å². The highest BCUT2D eigenvalue weighted by molar-refractivity contribution is 5.90. The van der Waals surface area contributed by atoms with E-state index in [1.807, 2.05) is 7.05 Å². The normalized spacial score (nSPS) is 22.1. The van der Waals surface area contributed by atoms with Crippen LogP contribution in [0.2, 0.25) is 0 Å². The molecule has 4 nitrogen and oxygen atoms in total. The number of carbonyl (C=O) groups is 1. The Hall–Kier alpha value is -1.58. The Bertz CT molecular complexity index is 420. The lowest BCUT2D eigenvalue weighted by atomic mass is 10.2. The second kappa shape index (κ2) is 4.73. The molecule has 0 bridgehead atoms. The predicted molar refractivity (Wildman–Crippen MR) is 66.1 cm³/mol. The molecule has 1 heterocycles. The molecule has 4 heteroatoms. The van der Waals surface area contributed by atoms with Crippen LogP contribution in [0.4, 0.5) is 5.82 Å². The maximum Gasteiger partial charge on any atom is 0.338 e. The average Bonchev–Trinajstić information content (AvgIpc) is 3.04. The number of hydrogen-bond donors (Lipinski definition) is 0. The van der Waals surface area contributed by atoms with Crippen molar-refractivity contribution in [3.8, 4) is 0 Å². The molecule has 2 atom stereocenters. The van der Waals surface area contributed by atoms with Crippen molar-refractivity contribution < 1.29 is 9.53 Å². The summed E-state index contributed by atoms with van der Waals surface area (Å²) in [6.07, 6.45) is 2.94. The molecule has 1 aromatic heterocycles. The Balaban J connectivity index is 2.06. The zero-order valence-electron chi connectivity index (χ0n) is 10.5. The number of rotatable bonds is 4. The van der Waals surface area contributed by atoms with Crippen molar-refractivity contribution in [3.63, 3.8) is 0 Å². The first-order valence-corrected chi connectivity index (χ1v) is 5.87. The van der Waals surface area contributed by atoms with E-state index in [0.29, 0.717) is 5.56 Å². The van der Waals surface area contributed by atoms with Crippen LogP contribution in [0.1, 0.15) is 23.7 Å². The van der Waals surface area contributed by atoms with Gasteiger partial charge >= 0.3 is 5.97 Å². The fourth-order valence-electron chi connectivity index (χ4n) is 1.97. The van der Waals surface area contributed by atoms with Crippen molar-refractivity contribution in [3.05, 3.63) is 23.9 Å². The lowest BCUT2D eigenvalue weighted by molar-refractivity contribution is 0.0600. The molecule has 1 aromatic rings. The van der Waals surface area contributed by atoms with Crippen molar-refractivity contribution in [2.75, 3.05) is 25.6 Å². The second-order valence-electron chi connectivity index (χ2n) is 4.75. The molecule has 2 unspecified atom stereocenters. The first kappa shape index (κ1) is 11.9. The summed E-state index contributed by atoms with van der Waals surface area (Å²) in [5, 5.41) is 0. The van der Waals surface area contributed by atoms with E-state index in [1.165, 1.54) is 13.5 Å². The van der Waals surface area contributed by atoms with Gasteiger partial charge in [-0.2, -0.15) is 0 Å². The number of aromatic nitrogens is 1. The molecule has 1 fully saturated rings. The quantitative estimate of drug-likeness (QED) is 0.747. The number of nitrogens with zero attached hydrogens (tertiary/aromatic N) is 2. The van der Waals surface area contributed by atoms with Crippen molar-refractivity contribution in [2.24, 2.45) is 11.8 Å². The average molecular weight is 234 g/mol. The third kappa shape index (κ3) is 2.75.